The van der Waals surface area contributed by atoms with Crippen LogP contribution in [0.5, 0.6) is 0 Å². The second-order valence-electron chi connectivity index (χ2n) is 4.74. The summed E-state index contributed by atoms with van der Waals surface area (Å²) in [6.07, 6.45) is -0.141. The number of hydrogen-bond acceptors (Lipinski definition) is 4. The van der Waals surface area contributed by atoms with Crippen LogP contribution in [0.1, 0.15) is 29.5 Å². The van der Waals surface area contributed by atoms with Crippen molar-refractivity contribution < 1.29 is 14.7 Å². The average molecular weight is 288 g/mol. The summed E-state index contributed by atoms with van der Waals surface area (Å²) in [4.78, 5) is 22.7. The monoisotopic (exact) mass is 288 g/mol. The summed E-state index contributed by atoms with van der Waals surface area (Å²) >= 11 is 0. The molecule has 1 atom stereocenters. The molecule has 0 unspecified atom stereocenters. The average Bonchev–Trinajstić information content (AvgIpc) is 2.80. The minimum atomic E-state index is -0.965. The maximum atomic E-state index is 12.1. The summed E-state index contributed by atoms with van der Waals surface area (Å²) < 4.78 is 1.57. The van der Waals surface area contributed by atoms with Crippen molar-refractivity contribution in [1.29, 1.82) is 0 Å². The molecule has 0 aliphatic rings. The minimum Gasteiger partial charge on any atom is -0.481 e. The Morgan fingerprint density at radius 2 is 2.00 bits per heavy atom. The molecule has 0 aliphatic heterocycles. The molecule has 0 bridgehead atoms. The number of amides is 1. The summed E-state index contributed by atoms with van der Waals surface area (Å²) in [5.41, 5.74) is 1.59. The van der Waals surface area contributed by atoms with Crippen LogP contribution in [0.15, 0.2) is 30.3 Å². The Labute approximate surface area is 121 Å². The third-order valence-corrected chi connectivity index (χ3v) is 2.97. The molecule has 0 saturated carbocycles. The highest BCUT2D eigenvalue weighted by Crippen LogP contribution is 2.11. The lowest BCUT2D eigenvalue weighted by Crippen LogP contribution is -2.34. The molecule has 7 nitrogen and oxygen atoms in total. The van der Waals surface area contributed by atoms with Crippen LogP contribution in [-0.2, 0) is 4.79 Å². The van der Waals surface area contributed by atoms with Crippen molar-refractivity contribution in [2.75, 3.05) is 0 Å². The number of benzene rings is 1. The third kappa shape index (κ3) is 3.44. The SMILES string of the molecule is Cc1c(C(=O)N[C@@H](C)CC(=O)O)nnn1-c1ccccc1. The lowest BCUT2D eigenvalue weighted by Gasteiger charge is -2.10. The standard InChI is InChI=1S/C14H16N4O3/c1-9(8-12(19)20)15-14(21)13-10(2)18(17-16-13)11-6-4-3-5-7-11/h3-7,9H,8H2,1-2H3,(H,15,21)(H,19,20)/t9-/m0/s1. The largest absolute Gasteiger partial charge is 0.481 e. The molecule has 2 N–H and O–H groups in total. The van der Waals surface area contributed by atoms with E-state index in [4.69, 9.17) is 5.11 Å². The van der Waals surface area contributed by atoms with Gasteiger partial charge in [-0.2, -0.15) is 0 Å². The maximum Gasteiger partial charge on any atom is 0.305 e. The second kappa shape index (κ2) is 6.17. The number of nitrogens with one attached hydrogen (secondary N) is 1. The smallest absolute Gasteiger partial charge is 0.305 e. The highest BCUT2D eigenvalue weighted by molar-refractivity contribution is 5.93. The Kier molecular flexibility index (Phi) is 4.32. The van der Waals surface area contributed by atoms with Crippen molar-refractivity contribution >= 4 is 11.9 Å². The quantitative estimate of drug-likeness (QED) is 0.860. The molecule has 0 saturated heterocycles. The fourth-order valence-electron chi connectivity index (χ4n) is 1.96. The van der Waals surface area contributed by atoms with Crippen molar-refractivity contribution in [2.24, 2.45) is 0 Å². The fourth-order valence-corrected chi connectivity index (χ4v) is 1.96. The van der Waals surface area contributed by atoms with Crippen molar-refractivity contribution in [1.82, 2.24) is 20.3 Å². The van der Waals surface area contributed by atoms with Crippen LogP contribution < -0.4 is 5.32 Å². The number of hydrogen-bond donors (Lipinski definition) is 2. The van der Waals surface area contributed by atoms with E-state index in [2.05, 4.69) is 15.6 Å². The first-order valence-corrected chi connectivity index (χ1v) is 6.49. The van der Waals surface area contributed by atoms with Crippen LogP contribution in [0.25, 0.3) is 5.69 Å². The molecule has 2 rings (SSSR count). The first-order chi connectivity index (χ1) is 9.99. The molecule has 21 heavy (non-hydrogen) atoms. The van der Waals surface area contributed by atoms with Crippen LogP contribution in [0, 0.1) is 6.92 Å². The lowest BCUT2D eigenvalue weighted by atomic mass is 10.2. The Bertz CT molecular complexity index is 651. The van der Waals surface area contributed by atoms with Gasteiger partial charge in [0, 0.05) is 6.04 Å². The van der Waals surface area contributed by atoms with E-state index >= 15 is 0 Å². The van der Waals surface area contributed by atoms with Gasteiger partial charge in [-0.25, -0.2) is 4.68 Å². The van der Waals surface area contributed by atoms with Crippen LogP contribution >= 0.6 is 0 Å². The summed E-state index contributed by atoms with van der Waals surface area (Å²) in [6, 6.07) is 8.86. The molecule has 7 heteroatoms. The van der Waals surface area contributed by atoms with Gasteiger partial charge < -0.3 is 10.4 Å². The predicted molar refractivity (Wildman–Crippen MR) is 75.3 cm³/mol. The van der Waals surface area contributed by atoms with Crippen LogP contribution in [0.2, 0.25) is 0 Å². The molecule has 0 spiro atoms. The molecule has 110 valence electrons. The normalized spacial score (nSPS) is 11.9. The van der Waals surface area contributed by atoms with E-state index in [1.165, 1.54) is 0 Å². The summed E-state index contributed by atoms with van der Waals surface area (Å²) in [6.45, 7) is 3.37. The summed E-state index contributed by atoms with van der Waals surface area (Å²) in [7, 11) is 0. The number of nitrogens with zero attached hydrogens (tertiary/aromatic N) is 3. The molecular weight excluding hydrogens is 272 g/mol. The Morgan fingerprint density at radius 3 is 2.62 bits per heavy atom. The second-order valence-corrected chi connectivity index (χ2v) is 4.74. The molecule has 1 amide bonds. The van der Waals surface area contributed by atoms with Gasteiger partial charge in [-0.05, 0) is 26.0 Å². The van der Waals surface area contributed by atoms with Crippen LogP contribution in [0.4, 0.5) is 0 Å². The zero-order valence-electron chi connectivity index (χ0n) is 11.8. The topological polar surface area (TPSA) is 97.1 Å². The molecule has 1 aromatic carbocycles. The number of aliphatic carboxylic acids is 1. The number of para-hydroxylation sites is 1. The Morgan fingerprint density at radius 1 is 1.33 bits per heavy atom. The van der Waals surface area contributed by atoms with Gasteiger partial charge in [0.2, 0.25) is 0 Å². The van der Waals surface area contributed by atoms with E-state index in [9.17, 15) is 9.59 Å². The first kappa shape index (κ1) is 14.7. The number of rotatable bonds is 5. The van der Waals surface area contributed by atoms with Crippen LogP contribution in [-0.4, -0.2) is 38.0 Å². The van der Waals surface area contributed by atoms with Gasteiger partial charge in [-0.3, -0.25) is 9.59 Å². The van der Waals surface area contributed by atoms with Gasteiger partial charge >= 0.3 is 5.97 Å². The predicted octanol–water partition coefficient (Wildman–Crippen LogP) is 1.17. The number of carbonyl (C=O) groups is 2. The number of carboxylic acid groups (broad SMARTS) is 1. The fraction of sp³-hybridized carbons (Fsp3) is 0.286. The highest BCUT2D eigenvalue weighted by atomic mass is 16.4. The van der Waals surface area contributed by atoms with Gasteiger partial charge in [0.25, 0.3) is 5.91 Å². The zero-order valence-corrected chi connectivity index (χ0v) is 11.8. The van der Waals surface area contributed by atoms with Gasteiger partial charge in [0.15, 0.2) is 5.69 Å². The highest BCUT2D eigenvalue weighted by Gasteiger charge is 2.19. The van der Waals surface area contributed by atoms with E-state index in [0.29, 0.717) is 5.69 Å². The van der Waals surface area contributed by atoms with E-state index in [1.54, 1.807) is 18.5 Å². The Balaban J connectivity index is 2.17. The van der Waals surface area contributed by atoms with E-state index in [1.807, 2.05) is 30.3 Å². The molecule has 0 radical (unpaired) electrons. The minimum absolute atomic E-state index is 0.141. The van der Waals surface area contributed by atoms with Crippen molar-refractivity contribution in [3.05, 3.63) is 41.7 Å². The molecule has 1 aromatic heterocycles. The van der Waals surface area contributed by atoms with E-state index in [0.717, 1.165) is 5.69 Å². The number of carbonyl (C=O) groups excluding carboxylic acids is 1. The maximum absolute atomic E-state index is 12.1. The third-order valence-electron chi connectivity index (χ3n) is 2.97. The van der Waals surface area contributed by atoms with E-state index in [-0.39, 0.29) is 12.1 Å². The van der Waals surface area contributed by atoms with Crippen molar-refractivity contribution in [3.8, 4) is 5.69 Å². The molecule has 0 fully saturated rings. The van der Waals surface area contributed by atoms with Gasteiger partial charge in [0.1, 0.15) is 0 Å². The van der Waals surface area contributed by atoms with Gasteiger partial charge in [0.05, 0.1) is 17.8 Å². The number of carboxylic acids is 1. The molecule has 1 heterocycles. The summed E-state index contributed by atoms with van der Waals surface area (Å²) in [5, 5.41) is 19.1. The van der Waals surface area contributed by atoms with Gasteiger partial charge in [-0.15, -0.1) is 5.10 Å². The molecular formula is C14H16N4O3. The van der Waals surface area contributed by atoms with E-state index < -0.39 is 17.9 Å². The number of aromatic nitrogens is 3. The molecule has 2 aromatic rings. The van der Waals surface area contributed by atoms with Gasteiger partial charge in [-0.1, -0.05) is 23.4 Å². The Hall–Kier alpha value is -2.70. The van der Waals surface area contributed by atoms with Crippen molar-refractivity contribution in [3.63, 3.8) is 0 Å². The van der Waals surface area contributed by atoms with Crippen LogP contribution in [0.3, 0.4) is 0 Å². The summed E-state index contributed by atoms with van der Waals surface area (Å²) in [5.74, 6) is -1.39. The first-order valence-electron chi connectivity index (χ1n) is 6.49. The van der Waals surface area contributed by atoms with Crippen molar-refractivity contribution in [2.45, 2.75) is 26.3 Å². The molecule has 0 aliphatic carbocycles. The lowest BCUT2D eigenvalue weighted by molar-refractivity contribution is -0.137. The zero-order chi connectivity index (χ0) is 15.4.